The van der Waals surface area contributed by atoms with Crippen molar-refractivity contribution in [1.29, 1.82) is 0 Å². The summed E-state index contributed by atoms with van der Waals surface area (Å²) in [5, 5.41) is 0. The highest BCUT2D eigenvalue weighted by atomic mass is 79.9. The van der Waals surface area contributed by atoms with Crippen LogP contribution in [-0.4, -0.2) is 13.3 Å². The largest absolute Gasteiger partial charge is 0.370 e. The second-order valence-corrected chi connectivity index (χ2v) is 5.56. The molecule has 2 aromatic rings. The molecule has 0 aromatic heterocycles. The summed E-state index contributed by atoms with van der Waals surface area (Å²) in [5.41, 5.74) is 4.12. The number of hydrogen-bond acceptors (Lipinski definition) is 2. The van der Waals surface area contributed by atoms with Crippen molar-refractivity contribution in [2.75, 3.05) is 11.9 Å². The number of nitrogens with zero attached hydrogens (tertiary/aromatic N) is 1. The molecule has 2 rings (SSSR count). The van der Waals surface area contributed by atoms with E-state index in [0.717, 1.165) is 34.1 Å². The second kappa shape index (κ2) is 6.02. The molecular weight excluding hydrogens is 302 g/mol. The van der Waals surface area contributed by atoms with Gasteiger partial charge in [0.1, 0.15) is 6.29 Å². The number of aldehydes is 1. The van der Waals surface area contributed by atoms with Crippen molar-refractivity contribution in [3.63, 3.8) is 0 Å². The Kier molecular flexibility index (Phi) is 4.38. The van der Waals surface area contributed by atoms with Crippen LogP contribution in [0.1, 0.15) is 21.5 Å². The van der Waals surface area contributed by atoms with Gasteiger partial charge in [0.15, 0.2) is 0 Å². The average molecular weight is 318 g/mol. The SMILES string of the molecule is Cc1cc(N(C)Cc2cccc(Br)c2)ccc1C=O. The number of benzene rings is 2. The molecule has 0 saturated carbocycles. The summed E-state index contributed by atoms with van der Waals surface area (Å²) in [5.74, 6) is 0. The summed E-state index contributed by atoms with van der Waals surface area (Å²) in [4.78, 5) is 13.0. The fourth-order valence-electron chi connectivity index (χ4n) is 2.03. The average Bonchev–Trinajstić information content (AvgIpc) is 2.38. The van der Waals surface area contributed by atoms with Gasteiger partial charge in [-0.25, -0.2) is 0 Å². The van der Waals surface area contributed by atoms with Crippen molar-refractivity contribution < 1.29 is 4.79 Å². The standard InChI is InChI=1S/C16H16BrNO/c1-12-8-16(7-6-14(12)11-19)18(2)10-13-4-3-5-15(17)9-13/h3-9,11H,10H2,1-2H3. The Morgan fingerprint density at radius 1 is 1.21 bits per heavy atom. The van der Waals surface area contributed by atoms with E-state index in [1.165, 1.54) is 5.56 Å². The second-order valence-electron chi connectivity index (χ2n) is 4.64. The topological polar surface area (TPSA) is 20.3 Å². The third-order valence-electron chi connectivity index (χ3n) is 3.13. The van der Waals surface area contributed by atoms with Crippen molar-refractivity contribution in [3.8, 4) is 0 Å². The molecule has 2 nitrogen and oxygen atoms in total. The molecule has 0 aliphatic carbocycles. The summed E-state index contributed by atoms with van der Waals surface area (Å²) in [7, 11) is 2.05. The van der Waals surface area contributed by atoms with E-state index < -0.39 is 0 Å². The Bertz CT molecular complexity index is 595. The minimum absolute atomic E-state index is 0.750. The maximum atomic E-state index is 10.8. The molecule has 0 atom stereocenters. The van der Waals surface area contributed by atoms with Gasteiger partial charge in [-0.2, -0.15) is 0 Å². The van der Waals surface area contributed by atoms with E-state index in [4.69, 9.17) is 0 Å². The molecule has 0 heterocycles. The highest BCUT2D eigenvalue weighted by molar-refractivity contribution is 9.10. The van der Waals surface area contributed by atoms with Crippen molar-refractivity contribution in [1.82, 2.24) is 0 Å². The molecule has 0 fully saturated rings. The Balaban J connectivity index is 2.18. The lowest BCUT2D eigenvalue weighted by Crippen LogP contribution is -2.16. The van der Waals surface area contributed by atoms with Gasteiger partial charge in [-0.15, -0.1) is 0 Å². The molecule has 3 heteroatoms. The van der Waals surface area contributed by atoms with Crippen molar-refractivity contribution >= 4 is 27.9 Å². The highest BCUT2D eigenvalue weighted by Gasteiger charge is 2.05. The van der Waals surface area contributed by atoms with Gasteiger partial charge < -0.3 is 4.90 Å². The first-order valence-electron chi connectivity index (χ1n) is 6.11. The van der Waals surface area contributed by atoms with Gasteiger partial charge in [-0.1, -0.05) is 28.1 Å². The number of carbonyl (C=O) groups is 1. The normalized spacial score (nSPS) is 10.3. The number of hydrogen-bond donors (Lipinski definition) is 0. The fourth-order valence-corrected chi connectivity index (χ4v) is 2.48. The Morgan fingerprint density at radius 3 is 2.63 bits per heavy atom. The number of halogens is 1. The molecule has 0 unspecified atom stereocenters. The van der Waals surface area contributed by atoms with E-state index in [1.54, 1.807) is 0 Å². The summed E-state index contributed by atoms with van der Waals surface area (Å²) >= 11 is 3.48. The van der Waals surface area contributed by atoms with Crippen molar-refractivity contribution in [2.24, 2.45) is 0 Å². The molecular formula is C16H16BrNO. The molecule has 0 aliphatic heterocycles. The first-order valence-corrected chi connectivity index (χ1v) is 6.91. The van der Waals surface area contributed by atoms with Crippen LogP contribution >= 0.6 is 15.9 Å². The van der Waals surface area contributed by atoms with Crippen LogP contribution in [0.3, 0.4) is 0 Å². The molecule has 2 aromatic carbocycles. The fraction of sp³-hybridized carbons (Fsp3) is 0.188. The van der Waals surface area contributed by atoms with Gasteiger partial charge >= 0.3 is 0 Å². The molecule has 98 valence electrons. The quantitative estimate of drug-likeness (QED) is 0.787. The maximum absolute atomic E-state index is 10.8. The van der Waals surface area contributed by atoms with Gasteiger partial charge in [0.2, 0.25) is 0 Å². The Hall–Kier alpha value is -1.61. The monoisotopic (exact) mass is 317 g/mol. The molecule has 0 saturated heterocycles. The van der Waals surface area contributed by atoms with E-state index in [1.807, 2.05) is 37.3 Å². The number of aryl methyl sites for hydroxylation is 1. The molecule has 0 N–H and O–H groups in total. The first-order chi connectivity index (χ1) is 9.10. The van der Waals surface area contributed by atoms with Gasteiger partial charge in [0, 0.05) is 29.3 Å². The highest BCUT2D eigenvalue weighted by Crippen LogP contribution is 2.20. The van der Waals surface area contributed by atoms with Gasteiger partial charge in [-0.3, -0.25) is 4.79 Å². The minimum Gasteiger partial charge on any atom is -0.370 e. The molecule has 0 bridgehead atoms. The molecule has 0 radical (unpaired) electrons. The van der Waals surface area contributed by atoms with Crippen LogP contribution < -0.4 is 4.90 Å². The van der Waals surface area contributed by atoms with Crippen LogP contribution in [0.2, 0.25) is 0 Å². The molecule has 0 spiro atoms. The first kappa shape index (κ1) is 13.8. The summed E-state index contributed by atoms with van der Waals surface area (Å²) in [6.07, 6.45) is 0.896. The number of anilines is 1. The zero-order valence-electron chi connectivity index (χ0n) is 11.1. The third-order valence-corrected chi connectivity index (χ3v) is 3.62. The zero-order valence-corrected chi connectivity index (χ0v) is 12.6. The molecule has 19 heavy (non-hydrogen) atoms. The van der Waals surface area contributed by atoms with Crippen LogP contribution in [0.4, 0.5) is 5.69 Å². The van der Waals surface area contributed by atoms with Gasteiger partial charge in [-0.05, 0) is 48.4 Å². The van der Waals surface area contributed by atoms with Crippen molar-refractivity contribution in [2.45, 2.75) is 13.5 Å². The van der Waals surface area contributed by atoms with Crippen LogP contribution in [0.25, 0.3) is 0 Å². The predicted octanol–water partition coefficient (Wildman–Crippen LogP) is 4.21. The summed E-state index contributed by atoms with van der Waals surface area (Å²) in [6, 6.07) is 14.2. The van der Waals surface area contributed by atoms with Gasteiger partial charge in [0.05, 0.1) is 0 Å². The maximum Gasteiger partial charge on any atom is 0.150 e. The third kappa shape index (κ3) is 3.44. The number of rotatable bonds is 4. The lowest BCUT2D eigenvalue weighted by atomic mass is 10.1. The lowest BCUT2D eigenvalue weighted by Gasteiger charge is -2.20. The van der Waals surface area contributed by atoms with Crippen LogP contribution in [0.15, 0.2) is 46.9 Å². The molecule has 0 aliphatic rings. The lowest BCUT2D eigenvalue weighted by molar-refractivity contribution is 0.112. The smallest absolute Gasteiger partial charge is 0.150 e. The molecule has 0 amide bonds. The zero-order chi connectivity index (χ0) is 13.8. The van der Waals surface area contributed by atoms with Crippen LogP contribution in [0, 0.1) is 6.92 Å². The Morgan fingerprint density at radius 2 is 2.00 bits per heavy atom. The van der Waals surface area contributed by atoms with Crippen molar-refractivity contribution in [3.05, 3.63) is 63.6 Å². The van der Waals surface area contributed by atoms with Crippen LogP contribution in [0.5, 0.6) is 0 Å². The Labute approximate surface area is 122 Å². The van der Waals surface area contributed by atoms with E-state index in [9.17, 15) is 4.79 Å². The number of carbonyl (C=O) groups excluding carboxylic acids is 1. The van der Waals surface area contributed by atoms with Gasteiger partial charge in [0.25, 0.3) is 0 Å². The van der Waals surface area contributed by atoms with E-state index >= 15 is 0 Å². The minimum atomic E-state index is 0.750. The predicted molar refractivity (Wildman–Crippen MR) is 82.8 cm³/mol. The van der Waals surface area contributed by atoms with Crippen LogP contribution in [-0.2, 0) is 6.54 Å². The van der Waals surface area contributed by atoms with E-state index in [-0.39, 0.29) is 0 Å². The summed E-state index contributed by atoms with van der Waals surface area (Å²) in [6.45, 7) is 2.79. The summed E-state index contributed by atoms with van der Waals surface area (Å²) < 4.78 is 1.09. The van der Waals surface area contributed by atoms with E-state index in [2.05, 4.69) is 40.0 Å². The van der Waals surface area contributed by atoms with E-state index in [0.29, 0.717) is 0 Å².